The quantitative estimate of drug-likeness (QED) is 0.440. The summed E-state index contributed by atoms with van der Waals surface area (Å²) in [6, 6.07) is 17.7. The average Bonchev–Trinajstić information content (AvgIpc) is 3.25. The first-order valence-corrected chi connectivity index (χ1v) is 12.4. The summed E-state index contributed by atoms with van der Waals surface area (Å²) in [4.78, 5) is 14.1. The fourth-order valence-corrected chi connectivity index (χ4v) is 5.04. The van der Waals surface area contributed by atoms with E-state index in [2.05, 4.69) is 15.4 Å². The average molecular weight is 458 g/mol. The molecule has 0 aliphatic rings. The van der Waals surface area contributed by atoms with E-state index in [0.717, 1.165) is 10.4 Å². The molecule has 6 nitrogen and oxygen atoms in total. The van der Waals surface area contributed by atoms with Crippen LogP contribution in [0.2, 0.25) is 0 Å². The lowest BCUT2D eigenvalue weighted by Crippen LogP contribution is -2.31. The zero-order valence-corrected chi connectivity index (χ0v) is 19.4. The zero-order chi connectivity index (χ0) is 22.4. The predicted octanol–water partition coefficient (Wildman–Crippen LogP) is 4.54. The zero-order valence-electron chi connectivity index (χ0n) is 17.8. The largest absolute Gasteiger partial charge is 0.380 e. The van der Waals surface area contributed by atoms with Gasteiger partial charge in [-0.2, -0.15) is 0 Å². The number of hydrogen-bond acceptors (Lipinski definition) is 5. The van der Waals surface area contributed by atoms with E-state index < -0.39 is 10.0 Å². The highest BCUT2D eigenvalue weighted by Crippen LogP contribution is 2.22. The van der Waals surface area contributed by atoms with Crippen LogP contribution in [-0.2, 0) is 16.6 Å². The number of hydrogen-bond donors (Lipinski definition) is 3. The van der Waals surface area contributed by atoms with Crippen molar-refractivity contribution in [2.75, 3.05) is 5.32 Å². The standard InChI is InChI=1S/C23H27N3O3S2/c1-16(2)26-31(28,29)22-13-19(12-20(14-22)24-15-21-10-7-11-30-21)23(27)25-17(3)18-8-5-4-6-9-18/h4-14,16-17,24,26H,15H2,1-3H3,(H,25,27)/t17-/m0/s1. The van der Waals surface area contributed by atoms with Crippen LogP contribution in [-0.4, -0.2) is 20.4 Å². The monoisotopic (exact) mass is 457 g/mol. The topological polar surface area (TPSA) is 87.3 Å². The van der Waals surface area contributed by atoms with Crippen molar-refractivity contribution in [2.24, 2.45) is 0 Å². The lowest BCUT2D eigenvalue weighted by atomic mass is 10.1. The third-order valence-electron chi connectivity index (χ3n) is 4.56. The molecule has 164 valence electrons. The summed E-state index contributed by atoms with van der Waals surface area (Å²) in [6.07, 6.45) is 0. The lowest BCUT2D eigenvalue weighted by molar-refractivity contribution is 0.0939. The van der Waals surface area contributed by atoms with Crippen LogP contribution in [0.3, 0.4) is 0 Å². The number of carbonyl (C=O) groups is 1. The van der Waals surface area contributed by atoms with E-state index in [1.165, 1.54) is 6.07 Å². The molecule has 0 spiro atoms. The number of thiophene rings is 1. The third-order valence-corrected chi connectivity index (χ3v) is 7.08. The fraction of sp³-hybridized carbons (Fsp3) is 0.261. The van der Waals surface area contributed by atoms with Crippen molar-refractivity contribution in [2.45, 2.75) is 44.3 Å². The van der Waals surface area contributed by atoms with Crippen molar-refractivity contribution in [1.82, 2.24) is 10.0 Å². The molecule has 1 aromatic heterocycles. The molecule has 3 aromatic rings. The molecule has 1 amide bonds. The van der Waals surface area contributed by atoms with Crippen LogP contribution in [0.1, 0.15) is 47.6 Å². The number of amides is 1. The second kappa shape index (κ2) is 10.1. The first-order valence-electron chi connectivity index (χ1n) is 10.0. The highest BCUT2D eigenvalue weighted by molar-refractivity contribution is 7.89. The van der Waals surface area contributed by atoms with Gasteiger partial charge in [0.05, 0.1) is 10.9 Å². The maximum atomic E-state index is 13.0. The van der Waals surface area contributed by atoms with Crippen LogP contribution in [0.25, 0.3) is 0 Å². The fourth-order valence-electron chi connectivity index (χ4n) is 3.07. The Bertz CT molecular complexity index is 1110. The van der Waals surface area contributed by atoms with E-state index in [4.69, 9.17) is 0 Å². The van der Waals surface area contributed by atoms with Gasteiger partial charge < -0.3 is 10.6 Å². The second-order valence-electron chi connectivity index (χ2n) is 7.56. The van der Waals surface area contributed by atoms with Gasteiger partial charge in [-0.15, -0.1) is 11.3 Å². The molecule has 0 bridgehead atoms. The lowest BCUT2D eigenvalue weighted by Gasteiger charge is -2.17. The molecule has 0 aliphatic carbocycles. The first kappa shape index (κ1) is 23.0. The van der Waals surface area contributed by atoms with Gasteiger partial charge in [0.15, 0.2) is 0 Å². The molecule has 31 heavy (non-hydrogen) atoms. The summed E-state index contributed by atoms with van der Waals surface area (Å²) in [5.74, 6) is -0.336. The Morgan fingerprint density at radius 1 is 1.00 bits per heavy atom. The summed E-state index contributed by atoms with van der Waals surface area (Å²) < 4.78 is 28.1. The summed E-state index contributed by atoms with van der Waals surface area (Å²) in [5, 5.41) is 8.16. The Kier molecular flexibility index (Phi) is 7.48. The van der Waals surface area contributed by atoms with Gasteiger partial charge in [0, 0.05) is 28.7 Å². The van der Waals surface area contributed by atoms with E-state index in [9.17, 15) is 13.2 Å². The number of sulfonamides is 1. The summed E-state index contributed by atoms with van der Waals surface area (Å²) >= 11 is 1.60. The Morgan fingerprint density at radius 3 is 2.39 bits per heavy atom. The molecule has 1 heterocycles. The highest BCUT2D eigenvalue weighted by Gasteiger charge is 2.20. The maximum Gasteiger partial charge on any atom is 0.251 e. The Hall–Kier alpha value is -2.68. The highest BCUT2D eigenvalue weighted by atomic mass is 32.2. The molecule has 1 atom stereocenters. The molecule has 3 N–H and O–H groups in total. The van der Waals surface area contributed by atoms with Crippen LogP contribution in [0.15, 0.2) is 70.9 Å². The molecule has 0 unspecified atom stereocenters. The van der Waals surface area contributed by atoms with Crippen molar-refractivity contribution in [1.29, 1.82) is 0 Å². The Morgan fingerprint density at radius 2 is 1.74 bits per heavy atom. The normalized spacial score (nSPS) is 12.5. The minimum atomic E-state index is -3.76. The van der Waals surface area contributed by atoms with Crippen molar-refractivity contribution >= 4 is 33.0 Å². The van der Waals surface area contributed by atoms with E-state index in [-0.39, 0.29) is 28.4 Å². The van der Waals surface area contributed by atoms with Gasteiger partial charge in [-0.05, 0) is 56.0 Å². The van der Waals surface area contributed by atoms with E-state index in [1.807, 2.05) is 54.8 Å². The molecular formula is C23H27N3O3S2. The molecular weight excluding hydrogens is 430 g/mol. The maximum absolute atomic E-state index is 13.0. The van der Waals surface area contributed by atoms with Crippen molar-refractivity contribution in [3.8, 4) is 0 Å². The minimum absolute atomic E-state index is 0.0508. The van der Waals surface area contributed by atoms with Crippen LogP contribution in [0, 0.1) is 0 Å². The Balaban J connectivity index is 1.88. The van der Waals surface area contributed by atoms with Crippen LogP contribution in [0.4, 0.5) is 5.69 Å². The number of carbonyl (C=O) groups excluding carboxylic acids is 1. The van der Waals surface area contributed by atoms with Gasteiger partial charge >= 0.3 is 0 Å². The molecule has 0 saturated heterocycles. The van der Waals surface area contributed by atoms with Crippen LogP contribution in [0.5, 0.6) is 0 Å². The molecule has 0 fully saturated rings. The van der Waals surface area contributed by atoms with Crippen molar-refractivity contribution in [3.63, 3.8) is 0 Å². The van der Waals surface area contributed by atoms with Crippen molar-refractivity contribution in [3.05, 3.63) is 82.0 Å². The van der Waals surface area contributed by atoms with E-state index in [1.54, 1.807) is 37.3 Å². The van der Waals surface area contributed by atoms with Gasteiger partial charge in [-0.1, -0.05) is 36.4 Å². The van der Waals surface area contributed by atoms with Crippen LogP contribution < -0.4 is 15.4 Å². The summed E-state index contributed by atoms with van der Waals surface area (Å²) in [6.45, 7) is 5.95. The van der Waals surface area contributed by atoms with Gasteiger partial charge in [0.25, 0.3) is 5.91 Å². The van der Waals surface area contributed by atoms with Gasteiger partial charge in [0.2, 0.25) is 10.0 Å². The number of nitrogens with one attached hydrogen (secondary N) is 3. The molecule has 0 radical (unpaired) electrons. The first-order chi connectivity index (χ1) is 14.7. The van der Waals surface area contributed by atoms with Gasteiger partial charge in [-0.25, -0.2) is 13.1 Å². The molecule has 0 aliphatic heterocycles. The summed E-state index contributed by atoms with van der Waals surface area (Å²) in [7, 11) is -3.76. The molecule has 8 heteroatoms. The van der Waals surface area contributed by atoms with Crippen molar-refractivity contribution < 1.29 is 13.2 Å². The predicted molar refractivity (Wildman–Crippen MR) is 126 cm³/mol. The van der Waals surface area contributed by atoms with E-state index in [0.29, 0.717) is 12.2 Å². The minimum Gasteiger partial charge on any atom is -0.380 e. The molecule has 2 aromatic carbocycles. The third kappa shape index (κ3) is 6.40. The number of benzene rings is 2. The summed E-state index contributed by atoms with van der Waals surface area (Å²) in [5.41, 5.74) is 1.82. The number of anilines is 1. The SMILES string of the molecule is CC(C)NS(=O)(=O)c1cc(NCc2cccs2)cc(C(=O)N[C@@H](C)c2ccccc2)c1. The molecule has 3 rings (SSSR count). The van der Waals surface area contributed by atoms with Gasteiger partial charge in [0.1, 0.15) is 0 Å². The second-order valence-corrected chi connectivity index (χ2v) is 10.3. The van der Waals surface area contributed by atoms with Gasteiger partial charge in [-0.3, -0.25) is 4.79 Å². The smallest absolute Gasteiger partial charge is 0.251 e. The molecule has 0 saturated carbocycles. The Labute approximate surface area is 187 Å². The van der Waals surface area contributed by atoms with Crippen LogP contribution >= 0.6 is 11.3 Å². The van der Waals surface area contributed by atoms with E-state index >= 15 is 0 Å². The number of rotatable bonds is 9.